The maximum atomic E-state index is 13.4. The third kappa shape index (κ3) is 5.77. The van der Waals surface area contributed by atoms with Crippen molar-refractivity contribution in [3.05, 3.63) is 27.8 Å². The maximum Gasteiger partial charge on any atom is 0.286 e. The average Bonchev–Trinajstić information content (AvgIpc) is 3.22. The molecule has 0 saturated carbocycles. The fourth-order valence-electron chi connectivity index (χ4n) is 3.49. The van der Waals surface area contributed by atoms with Gasteiger partial charge in [0.15, 0.2) is 11.5 Å². The minimum Gasteiger partial charge on any atom is -0.493 e. The van der Waals surface area contributed by atoms with Crippen LogP contribution in [-0.2, 0) is 4.74 Å². The molecule has 1 unspecified atom stereocenters. The maximum absolute atomic E-state index is 13.4. The van der Waals surface area contributed by atoms with Gasteiger partial charge in [0.2, 0.25) is 0 Å². The first-order valence-corrected chi connectivity index (χ1v) is 11.3. The van der Waals surface area contributed by atoms with Crippen molar-refractivity contribution in [2.24, 2.45) is 5.73 Å². The smallest absolute Gasteiger partial charge is 0.286 e. The van der Waals surface area contributed by atoms with E-state index in [0.717, 1.165) is 18.6 Å². The standard InChI is InChI=1S/C20H31N3O6S/c1-4-28-20(30-5-2)15-8-6-10-22(15)19(24)14-12-17(27-3)18(29-11-7-9-21)13-16(14)23(25)26/h12-13,15,20H,4-11,21H2,1-3H3/t15-,20?/m0/s1. The number of nitrogens with two attached hydrogens (primary N) is 1. The van der Waals surface area contributed by atoms with Crippen LogP contribution in [0.1, 0.15) is 43.5 Å². The molecule has 2 N–H and O–H groups in total. The van der Waals surface area contributed by atoms with Gasteiger partial charge >= 0.3 is 0 Å². The number of hydrogen-bond acceptors (Lipinski definition) is 8. The summed E-state index contributed by atoms with van der Waals surface area (Å²) in [7, 11) is 1.44. The van der Waals surface area contributed by atoms with Crippen LogP contribution in [0.25, 0.3) is 0 Å². The molecule has 2 rings (SSSR count). The SMILES string of the molecule is CCOC(SCC)[C@@H]1CCCN1C(=O)c1cc(OC)c(OCCCN)cc1[N+](=O)[O-]. The number of methoxy groups -OCH3 is 1. The second-order valence-electron chi connectivity index (χ2n) is 6.76. The summed E-state index contributed by atoms with van der Waals surface area (Å²) in [5.41, 5.74) is 5.00. The Morgan fingerprint density at radius 2 is 2.17 bits per heavy atom. The van der Waals surface area contributed by atoms with E-state index in [9.17, 15) is 14.9 Å². The fraction of sp³-hybridized carbons (Fsp3) is 0.650. The second kappa shape index (κ2) is 12.0. The molecule has 1 aromatic rings. The molecule has 9 nitrogen and oxygen atoms in total. The number of nitro benzene ring substituents is 1. The molecule has 168 valence electrons. The van der Waals surface area contributed by atoms with Crippen molar-refractivity contribution < 1.29 is 23.9 Å². The van der Waals surface area contributed by atoms with Crippen LogP contribution in [-0.4, -0.2) is 66.4 Å². The molecule has 1 aromatic carbocycles. The lowest BCUT2D eigenvalue weighted by atomic mass is 10.1. The molecule has 0 bridgehead atoms. The highest BCUT2D eigenvalue weighted by molar-refractivity contribution is 7.99. The predicted octanol–water partition coefficient (Wildman–Crippen LogP) is 3.05. The Kier molecular flexibility index (Phi) is 9.67. The van der Waals surface area contributed by atoms with Crippen LogP contribution in [0.3, 0.4) is 0 Å². The highest BCUT2D eigenvalue weighted by Crippen LogP contribution is 2.37. The van der Waals surface area contributed by atoms with Crippen molar-refractivity contribution in [2.45, 2.75) is 44.6 Å². The van der Waals surface area contributed by atoms with E-state index in [-0.39, 0.29) is 34.2 Å². The van der Waals surface area contributed by atoms with Gasteiger partial charge in [-0.15, -0.1) is 11.8 Å². The number of rotatable bonds is 12. The van der Waals surface area contributed by atoms with E-state index in [2.05, 4.69) is 0 Å². The van der Waals surface area contributed by atoms with Gasteiger partial charge in [-0.1, -0.05) is 6.92 Å². The van der Waals surface area contributed by atoms with E-state index in [1.54, 1.807) is 16.7 Å². The van der Waals surface area contributed by atoms with Gasteiger partial charge in [-0.25, -0.2) is 0 Å². The minimum atomic E-state index is -0.561. The van der Waals surface area contributed by atoms with Crippen LogP contribution in [0.15, 0.2) is 12.1 Å². The average molecular weight is 442 g/mol. The topological polar surface area (TPSA) is 117 Å². The summed E-state index contributed by atoms with van der Waals surface area (Å²) in [4.78, 5) is 26.2. The first kappa shape index (κ1) is 24.2. The molecule has 1 heterocycles. The molecule has 1 saturated heterocycles. The van der Waals surface area contributed by atoms with E-state index < -0.39 is 10.8 Å². The van der Waals surface area contributed by atoms with E-state index in [1.165, 1.54) is 19.2 Å². The summed E-state index contributed by atoms with van der Waals surface area (Å²) in [6.45, 7) is 5.77. The number of likely N-dealkylation sites (tertiary alicyclic amines) is 1. The molecule has 10 heteroatoms. The zero-order valence-corrected chi connectivity index (χ0v) is 18.6. The molecule has 0 aliphatic carbocycles. The Labute approximate surface area is 181 Å². The van der Waals surface area contributed by atoms with Crippen molar-refractivity contribution in [3.8, 4) is 11.5 Å². The van der Waals surface area contributed by atoms with Crippen LogP contribution in [0.5, 0.6) is 11.5 Å². The van der Waals surface area contributed by atoms with Gasteiger partial charge < -0.3 is 24.8 Å². The summed E-state index contributed by atoms with van der Waals surface area (Å²) in [6, 6.07) is 2.53. The number of nitro groups is 1. The number of hydrogen-bond donors (Lipinski definition) is 1. The predicted molar refractivity (Wildman–Crippen MR) is 116 cm³/mol. The first-order valence-electron chi connectivity index (χ1n) is 10.2. The minimum absolute atomic E-state index is 0.00771. The molecular weight excluding hydrogens is 410 g/mol. The summed E-state index contributed by atoms with van der Waals surface area (Å²) in [6.07, 6.45) is 2.23. The Balaban J connectivity index is 2.37. The number of ether oxygens (including phenoxy) is 3. The number of amides is 1. The zero-order valence-electron chi connectivity index (χ0n) is 17.8. The Morgan fingerprint density at radius 1 is 1.40 bits per heavy atom. The van der Waals surface area contributed by atoms with Crippen molar-refractivity contribution in [1.82, 2.24) is 4.90 Å². The van der Waals surface area contributed by atoms with E-state index in [4.69, 9.17) is 19.9 Å². The van der Waals surface area contributed by atoms with Gasteiger partial charge in [-0.05, 0) is 38.5 Å². The zero-order chi connectivity index (χ0) is 22.1. The molecule has 1 amide bonds. The largest absolute Gasteiger partial charge is 0.493 e. The fourth-order valence-corrected chi connectivity index (χ4v) is 4.56. The van der Waals surface area contributed by atoms with Gasteiger partial charge in [-0.2, -0.15) is 0 Å². The number of carbonyl (C=O) groups is 1. The number of nitrogens with zero attached hydrogens (tertiary/aromatic N) is 2. The van der Waals surface area contributed by atoms with Crippen LogP contribution < -0.4 is 15.2 Å². The monoisotopic (exact) mass is 441 g/mol. The van der Waals surface area contributed by atoms with Gasteiger partial charge in [0.1, 0.15) is 11.0 Å². The molecular formula is C20H31N3O6S. The third-order valence-corrected chi connectivity index (χ3v) is 5.96. The molecule has 2 atom stereocenters. The van der Waals surface area contributed by atoms with E-state index in [1.807, 2.05) is 13.8 Å². The van der Waals surface area contributed by atoms with Crippen LogP contribution in [0.4, 0.5) is 5.69 Å². The summed E-state index contributed by atoms with van der Waals surface area (Å²) < 4.78 is 16.8. The van der Waals surface area contributed by atoms with Gasteiger partial charge in [0, 0.05) is 19.2 Å². The molecule has 1 aliphatic heterocycles. The Morgan fingerprint density at radius 3 is 2.77 bits per heavy atom. The Bertz CT molecular complexity index is 727. The van der Waals surface area contributed by atoms with Crippen LogP contribution in [0, 0.1) is 10.1 Å². The molecule has 0 radical (unpaired) electrons. The van der Waals surface area contributed by atoms with Gasteiger partial charge in [0.25, 0.3) is 11.6 Å². The van der Waals surface area contributed by atoms with E-state index in [0.29, 0.717) is 32.7 Å². The third-order valence-electron chi connectivity index (χ3n) is 4.85. The highest BCUT2D eigenvalue weighted by Gasteiger charge is 2.38. The molecule has 1 aliphatic rings. The van der Waals surface area contributed by atoms with Crippen LogP contribution >= 0.6 is 11.8 Å². The molecule has 30 heavy (non-hydrogen) atoms. The first-order chi connectivity index (χ1) is 14.5. The molecule has 0 spiro atoms. The second-order valence-corrected chi connectivity index (χ2v) is 8.13. The summed E-state index contributed by atoms with van der Waals surface area (Å²) >= 11 is 1.64. The number of carbonyl (C=O) groups excluding carboxylic acids is 1. The van der Waals surface area contributed by atoms with Gasteiger partial charge in [0.05, 0.1) is 30.7 Å². The van der Waals surface area contributed by atoms with Crippen molar-refractivity contribution in [2.75, 3.05) is 39.2 Å². The summed E-state index contributed by atoms with van der Waals surface area (Å²) in [5.74, 6) is 0.964. The lowest BCUT2D eigenvalue weighted by molar-refractivity contribution is -0.385. The van der Waals surface area contributed by atoms with Gasteiger partial charge in [-0.3, -0.25) is 14.9 Å². The quantitative estimate of drug-likeness (QED) is 0.228. The lowest BCUT2D eigenvalue weighted by Gasteiger charge is -2.31. The Hall–Kier alpha value is -2.04. The summed E-state index contributed by atoms with van der Waals surface area (Å²) in [5, 5.41) is 11.7. The molecule has 1 fully saturated rings. The normalized spacial score (nSPS) is 17.1. The lowest BCUT2D eigenvalue weighted by Crippen LogP contribution is -2.43. The number of thioether (sulfide) groups is 1. The number of benzene rings is 1. The van der Waals surface area contributed by atoms with Crippen molar-refractivity contribution in [3.63, 3.8) is 0 Å². The van der Waals surface area contributed by atoms with Crippen LogP contribution in [0.2, 0.25) is 0 Å². The molecule has 0 aromatic heterocycles. The van der Waals surface area contributed by atoms with Crippen molar-refractivity contribution >= 4 is 23.4 Å². The van der Waals surface area contributed by atoms with Crippen molar-refractivity contribution in [1.29, 1.82) is 0 Å². The highest BCUT2D eigenvalue weighted by atomic mass is 32.2. The van der Waals surface area contributed by atoms with E-state index >= 15 is 0 Å².